The van der Waals surface area contributed by atoms with Crippen LogP contribution >= 0.6 is 11.8 Å². The number of carbonyl (C=O) groups excluding carboxylic acids is 2. The maximum atomic E-state index is 13.0. The Labute approximate surface area is 230 Å². The third-order valence-corrected chi connectivity index (χ3v) is 7.71. The monoisotopic (exact) mass is 554 g/mol. The van der Waals surface area contributed by atoms with Gasteiger partial charge in [-0.2, -0.15) is 0 Å². The molecule has 2 heterocycles. The first-order chi connectivity index (χ1) is 18.5. The summed E-state index contributed by atoms with van der Waals surface area (Å²) in [4.78, 5) is 56.0. The Bertz CT molecular complexity index is 1320. The Balaban J connectivity index is 1.90. The summed E-state index contributed by atoms with van der Waals surface area (Å²) >= 11 is 1.15. The van der Waals surface area contributed by atoms with Crippen LogP contribution in [0.2, 0.25) is 0 Å². The number of fused-ring (bicyclic) bond motifs is 1. The van der Waals surface area contributed by atoms with Gasteiger partial charge in [-0.15, -0.1) is 0 Å². The fourth-order valence-corrected chi connectivity index (χ4v) is 6.30. The molecule has 1 fully saturated rings. The van der Waals surface area contributed by atoms with Gasteiger partial charge in [0.15, 0.2) is 5.17 Å². The number of ether oxygens (including phenoxy) is 2. The van der Waals surface area contributed by atoms with Crippen LogP contribution in [0.4, 0.5) is 4.79 Å². The molecule has 2 aliphatic rings. The molecule has 11 heteroatoms. The molecule has 39 heavy (non-hydrogen) atoms. The summed E-state index contributed by atoms with van der Waals surface area (Å²) in [6.07, 6.45) is -1.09. The third kappa shape index (κ3) is 5.69. The molecule has 0 spiro atoms. The number of benzene rings is 2. The number of nitrogens with zero attached hydrogens (tertiary/aromatic N) is 2. The number of carboxylic acids is 2. The molecule has 5 atom stereocenters. The van der Waals surface area contributed by atoms with Gasteiger partial charge in [0.2, 0.25) is 0 Å². The Hall–Kier alpha value is -3.70. The third-order valence-electron chi connectivity index (χ3n) is 6.56. The Morgan fingerprint density at radius 2 is 1.54 bits per heavy atom. The number of aldehydes is 1. The molecule has 2 N–H and O–H groups in total. The summed E-state index contributed by atoms with van der Waals surface area (Å²) in [6.45, 7) is 7.28. The second-order valence-electron chi connectivity index (χ2n) is 10.2. The predicted octanol–water partition coefficient (Wildman–Crippen LogP) is 4.60. The average Bonchev–Trinajstić information content (AvgIpc) is 3.30. The summed E-state index contributed by atoms with van der Waals surface area (Å²) in [5.74, 6) is -3.97. The molecule has 0 bridgehead atoms. The number of carbonyl (C=O) groups is 4. The van der Waals surface area contributed by atoms with E-state index >= 15 is 0 Å². The Morgan fingerprint density at radius 3 is 2.03 bits per heavy atom. The summed E-state index contributed by atoms with van der Waals surface area (Å²) in [5, 5.41) is 20.3. The van der Waals surface area contributed by atoms with E-state index in [1.54, 1.807) is 64.1 Å². The lowest BCUT2D eigenvalue weighted by Gasteiger charge is -2.42. The van der Waals surface area contributed by atoms with E-state index in [0.717, 1.165) is 11.8 Å². The second-order valence-corrected chi connectivity index (χ2v) is 11.3. The summed E-state index contributed by atoms with van der Waals surface area (Å²) in [7, 11) is 0. The number of amidine groups is 1. The molecule has 1 saturated heterocycles. The highest BCUT2D eigenvalue weighted by atomic mass is 32.2. The molecule has 2 aromatic rings. The van der Waals surface area contributed by atoms with Gasteiger partial charge in [0, 0.05) is 18.4 Å². The number of hydrogen-bond acceptors (Lipinski definition) is 8. The van der Waals surface area contributed by atoms with Gasteiger partial charge in [0.05, 0.1) is 17.2 Å². The van der Waals surface area contributed by atoms with Crippen LogP contribution < -0.4 is 0 Å². The van der Waals surface area contributed by atoms with Gasteiger partial charge in [-0.1, -0.05) is 48.2 Å². The van der Waals surface area contributed by atoms with Crippen molar-refractivity contribution in [2.45, 2.75) is 62.7 Å². The van der Waals surface area contributed by atoms with Gasteiger partial charge in [-0.3, -0.25) is 9.89 Å². The van der Waals surface area contributed by atoms with Crippen molar-refractivity contribution in [2.75, 3.05) is 6.54 Å². The van der Waals surface area contributed by atoms with E-state index in [9.17, 15) is 29.4 Å². The smallest absolute Gasteiger partial charge is 0.416 e. The highest BCUT2D eigenvalue weighted by Gasteiger charge is 2.52. The fourth-order valence-electron chi connectivity index (χ4n) is 5.03. The minimum absolute atomic E-state index is 0.0127. The molecule has 2 aliphatic heterocycles. The zero-order valence-electron chi connectivity index (χ0n) is 21.9. The van der Waals surface area contributed by atoms with Gasteiger partial charge in [0.25, 0.3) is 0 Å². The van der Waals surface area contributed by atoms with E-state index in [1.807, 2.05) is 0 Å². The van der Waals surface area contributed by atoms with Crippen LogP contribution in [0, 0.1) is 0 Å². The van der Waals surface area contributed by atoms with Crippen molar-refractivity contribution in [1.82, 2.24) is 4.90 Å². The van der Waals surface area contributed by atoms with Crippen LogP contribution in [0.1, 0.15) is 71.4 Å². The number of hydrogen-bond donors (Lipinski definition) is 2. The molecule has 206 valence electrons. The number of amides is 1. The lowest BCUT2D eigenvalue weighted by atomic mass is 9.70. The first kappa shape index (κ1) is 28.3. The molecule has 2 aromatic carbocycles. The molecular weight excluding hydrogens is 524 g/mol. The standard InChI is InChI=1S/C28H30N2O8S/c1-5-30(27(36)38-28(2,3)4)26-29-22-21(16-11-7-9-13-18(16)24(34)35)20(19(14-31)37-25(22)39-26)15-10-6-8-12-17(15)23(32)33/h6-14,19-22,25H,5H2,1-4H3,(H,32,33)(H,34,35)/t19-,20+,21+,22-,25-/m1/s1. The quantitative estimate of drug-likeness (QED) is 0.490. The van der Waals surface area contributed by atoms with E-state index in [-0.39, 0.29) is 17.7 Å². The van der Waals surface area contributed by atoms with E-state index < -0.39 is 53.1 Å². The van der Waals surface area contributed by atoms with E-state index in [1.165, 1.54) is 17.0 Å². The number of aromatic carboxylic acids is 2. The predicted molar refractivity (Wildman–Crippen MR) is 144 cm³/mol. The summed E-state index contributed by atoms with van der Waals surface area (Å²) < 4.78 is 11.7. The molecule has 0 saturated carbocycles. The average molecular weight is 555 g/mol. The highest BCUT2D eigenvalue weighted by Crippen LogP contribution is 2.52. The summed E-state index contributed by atoms with van der Waals surface area (Å²) in [6, 6.07) is 12.0. The van der Waals surface area contributed by atoms with Crippen LogP contribution in [0.3, 0.4) is 0 Å². The van der Waals surface area contributed by atoms with E-state index in [0.29, 0.717) is 22.6 Å². The molecular formula is C28H30N2O8S. The lowest BCUT2D eigenvalue weighted by molar-refractivity contribution is -0.125. The van der Waals surface area contributed by atoms with Crippen LogP contribution in [0.5, 0.6) is 0 Å². The van der Waals surface area contributed by atoms with Crippen molar-refractivity contribution in [3.05, 3.63) is 70.8 Å². The highest BCUT2D eigenvalue weighted by molar-refractivity contribution is 8.14. The largest absolute Gasteiger partial charge is 0.478 e. The van der Waals surface area contributed by atoms with Crippen molar-refractivity contribution in [3.8, 4) is 0 Å². The molecule has 0 unspecified atom stereocenters. The van der Waals surface area contributed by atoms with Crippen molar-refractivity contribution in [1.29, 1.82) is 0 Å². The van der Waals surface area contributed by atoms with Gasteiger partial charge in [-0.05, 0) is 51.0 Å². The minimum atomic E-state index is -1.19. The molecule has 4 rings (SSSR count). The number of rotatable bonds is 6. The van der Waals surface area contributed by atoms with Crippen molar-refractivity contribution < 1.29 is 38.9 Å². The minimum Gasteiger partial charge on any atom is -0.478 e. The number of carboxylic acid groups (broad SMARTS) is 2. The zero-order chi connectivity index (χ0) is 28.5. The van der Waals surface area contributed by atoms with Crippen LogP contribution in [0.25, 0.3) is 0 Å². The number of thioether (sulfide) groups is 1. The maximum absolute atomic E-state index is 13.0. The second kappa shape index (κ2) is 11.2. The van der Waals surface area contributed by atoms with Crippen LogP contribution in [-0.4, -0.2) is 74.3 Å². The van der Waals surface area contributed by atoms with Crippen LogP contribution in [-0.2, 0) is 14.3 Å². The van der Waals surface area contributed by atoms with Crippen molar-refractivity contribution in [3.63, 3.8) is 0 Å². The Morgan fingerprint density at radius 1 is 1.00 bits per heavy atom. The first-order valence-electron chi connectivity index (χ1n) is 12.5. The lowest BCUT2D eigenvalue weighted by Crippen LogP contribution is -2.46. The van der Waals surface area contributed by atoms with E-state index in [4.69, 9.17) is 14.5 Å². The Kier molecular flexibility index (Phi) is 8.12. The fraction of sp³-hybridized carbons (Fsp3) is 0.393. The molecule has 0 aromatic heterocycles. The molecule has 0 aliphatic carbocycles. The van der Waals surface area contributed by atoms with Crippen molar-refractivity contribution in [2.24, 2.45) is 4.99 Å². The molecule has 0 radical (unpaired) electrons. The van der Waals surface area contributed by atoms with Gasteiger partial charge in [-0.25, -0.2) is 14.4 Å². The molecule has 1 amide bonds. The normalized spacial score (nSPS) is 24.3. The summed E-state index contributed by atoms with van der Waals surface area (Å²) in [5.41, 5.74) is -0.752. The van der Waals surface area contributed by atoms with Gasteiger partial charge >= 0.3 is 18.0 Å². The zero-order valence-corrected chi connectivity index (χ0v) is 22.8. The van der Waals surface area contributed by atoms with Crippen molar-refractivity contribution >= 4 is 41.2 Å². The van der Waals surface area contributed by atoms with Gasteiger partial charge < -0.3 is 24.5 Å². The SMILES string of the molecule is CCN(C(=O)OC(C)(C)C)C1=N[C@@H]2[C@@H](c3ccccc3C(=O)O)[C@@H](c3ccccc3C(=O)O)[C@@H](C=O)O[C@@H]2S1. The molecule has 10 nitrogen and oxygen atoms in total. The van der Waals surface area contributed by atoms with Crippen LogP contribution in [0.15, 0.2) is 53.5 Å². The maximum Gasteiger partial charge on any atom is 0.416 e. The number of aliphatic imine (C=N–C) groups is 1. The first-order valence-corrected chi connectivity index (χ1v) is 13.3. The van der Waals surface area contributed by atoms with E-state index in [2.05, 4.69) is 0 Å². The topological polar surface area (TPSA) is 143 Å². The van der Waals surface area contributed by atoms with Gasteiger partial charge in [0.1, 0.15) is 23.4 Å².